The quantitative estimate of drug-likeness (QED) is 0.713. The minimum atomic E-state index is -0.562. The Hall–Kier alpha value is -0.880. The van der Waals surface area contributed by atoms with E-state index < -0.39 is 6.10 Å². The van der Waals surface area contributed by atoms with Crippen molar-refractivity contribution in [1.82, 2.24) is 0 Å². The number of rotatable bonds is 7. The second-order valence-corrected chi connectivity index (χ2v) is 6.34. The van der Waals surface area contributed by atoms with Crippen LogP contribution in [-0.4, -0.2) is 24.4 Å². The van der Waals surface area contributed by atoms with E-state index in [0.717, 1.165) is 20.2 Å². The van der Waals surface area contributed by atoms with Crippen LogP contribution in [0.1, 0.15) is 5.56 Å². The number of aliphatic hydroxyl groups is 1. The molecule has 0 fully saturated rings. The minimum Gasteiger partial charge on any atom is -0.389 e. The molecule has 21 heavy (non-hydrogen) atoms. The maximum Gasteiger partial charge on any atom is 0.0945 e. The highest BCUT2D eigenvalue weighted by Crippen LogP contribution is 2.30. The van der Waals surface area contributed by atoms with Crippen LogP contribution in [0.5, 0.6) is 0 Å². The third-order valence-electron chi connectivity index (χ3n) is 2.90. The van der Waals surface area contributed by atoms with Crippen LogP contribution in [0.3, 0.4) is 0 Å². The number of benzene rings is 2. The van der Waals surface area contributed by atoms with Gasteiger partial charge in [0.1, 0.15) is 0 Å². The van der Waals surface area contributed by atoms with Gasteiger partial charge in [-0.15, -0.1) is 0 Å². The summed E-state index contributed by atoms with van der Waals surface area (Å²) in [5, 5.41) is 13.2. The summed E-state index contributed by atoms with van der Waals surface area (Å²) in [6.07, 6.45) is -0.562. The third kappa shape index (κ3) is 5.43. The van der Waals surface area contributed by atoms with Crippen LogP contribution in [0.15, 0.2) is 57.5 Å². The van der Waals surface area contributed by atoms with Gasteiger partial charge in [0, 0.05) is 15.5 Å². The molecule has 0 aliphatic rings. The standard InChI is InChI=1S/C16H17Br2NO2/c17-14-7-4-8-15(18)16(14)19-9-13(20)11-21-10-12-5-2-1-3-6-12/h1-8,13,19-20H,9-11H2. The zero-order chi connectivity index (χ0) is 15.1. The summed E-state index contributed by atoms with van der Waals surface area (Å²) in [5.41, 5.74) is 2.03. The lowest BCUT2D eigenvalue weighted by Crippen LogP contribution is -2.25. The Morgan fingerprint density at radius 1 is 1.00 bits per heavy atom. The zero-order valence-electron chi connectivity index (χ0n) is 11.4. The lowest BCUT2D eigenvalue weighted by Gasteiger charge is -2.15. The first-order valence-electron chi connectivity index (χ1n) is 6.64. The average molecular weight is 415 g/mol. The molecule has 5 heteroatoms. The Morgan fingerprint density at radius 2 is 1.67 bits per heavy atom. The van der Waals surface area contributed by atoms with Crippen molar-refractivity contribution in [1.29, 1.82) is 0 Å². The Kier molecular flexibility index (Phi) is 6.70. The van der Waals surface area contributed by atoms with Crippen molar-refractivity contribution in [3.05, 3.63) is 63.0 Å². The van der Waals surface area contributed by atoms with Gasteiger partial charge in [-0.05, 0) is 49.6 Å². The van der Waals surface area contributed by atoms with Crippen molar-refractivity contribution in [2.45, 2.75) is 12.7 Å². The normalized spacial score (nSPS) is 12.1. The fraction of sp³-hybridized carbons (Fsp3) is 0.250. The number of ether oxygens (including phenoxy) is 1. The van der Waals surface area contributed by atoms with Crippen molar-refractivity contribution in [3.8, 4) is 0 Å². The van der Waals surface area contributed by atoms with Gasteiger partial charge in [-0.3, -0.25) is 0 Å². The Bertz CT molecular complexity index is 543. The molecule has 112 valence electrons. The number of hydrogen-bond donors (Lipinski definition) is 2. The number of para-hydroxylation sites is 1. The first-order valence-corrected chi connectivity index (χ1v) is 8.23. The van der Waals surface area contributed by atoms with E-state index in [1.165, 1.54) is 0 Å². The Morgan fingerprint density at radius 3 is 2.33 bits per heavy atom. The predicted octanol–water partition coefficient (Wildman–Crippen LogP) is 4.20. The van der Waals surface area contributed by atoms with Gasteiger partial charge in [0.05, 0.1) is 25.0 Å². The summed E-state index contributed by atoms with van der Waals surface area (Å²) in [4.78, 5) is 0. The topological polar surface area (TPSA) is 41.5 Å². The summed E-state index contributed by atoms with van der Waals surface area (Å²) < 4.78 is 7.42. The predicted molar refractivity (Wildman–Crippen MR) is 92.4 cm³/mol. The van der Waals surface area contributed by atoms with E-state index in [2.05, 4.69) is 37.2 Å². The van der Waals surface area contributed by atoms with E-state index >= 15 is 0 Å². The van der Waals surface area contributed by atoms with Crippen molar-refractivity contribution in [2.24, 2.45) is 0 Å². The minimum absolute atomic E-state index is 0.296. The molecule has 2 aromatic carbocycles. The zero-order valence-corrected chi connectivity index (χ0v) is 14.6. The van der Waals surface area contributed by atoms with Crippen molar-refractivity contribution in [3.63, 3.8) is 0 Å². The van der Waals surface area contributed by atoms with Crippen LogP contribution in [0, 0.1) is 0 Å². The van der Waals surface area contributed by atoms with Crippen LogP contribution in [-0.2, 0) is 11.3 Å². The molecule has 0 saturated carbocycles. The van der Waals surface area contributed by atoms with Crippen LogP contribution in [0.4, 0.5) is 5.69 Å². The molecule has 2 aromatic rings. The van der Waals surface area contributed by atoms with Gasteiger partial charge in [0.25, 0.3) is 0 Å². The lowest BCUT2D eigenvalue weighted by atomic mass is 10.2. The summed E-state index contributed by atoms with van der Waals surface area (Å²) >= 11 is 6.95. The van der Waals surface area contributed by atoms with E-state index in [-0.39, 0.29) is 0 Å². The Labute approximate surface area is 141 Å². The van der Waals surface area contributed by atoms with Crippen LogP contribution in [0.25, 0.3) is 0 Å². The van der Waals surface area contributed by atoms with Gasteiger partial charge in [-0.1, -0.05) is 36.4 Å². The van der Waals surface area contributed by atoms with Crippen LogP contribution in [0.2, 0.25) is 0 Å². The third-order valence-corrected chi connectivity index (χ3v) is 4.22. The second kappa shape index (κ2) is 8.54. The highest BCUT2D eigenvalue weighted by atomic mass is 79.9. The first kappa shape index (κ1) is 16.5. The second-order valence-electron chi connectivity index (χ2n) is 4.63. The molecule has 0 spiro atoms. The van der Waals surface area contributed by atoms with E-state index in [0.29, 0.717) is 19.8 Å². The van der Waals surface area contributed by atoms with Crippen molar-refractivity contribution in [2.75, 3.05) is 18.5 Å². The summed E-state index contributed by atoms with van der Waals surface area (Å²) in [5.74, 6) is 0. The molecule has 0 radical (unpaired) electrons. The molecule has 0 heterocycles. The molecule has 0 saturated heterocycles. The molecule has 1 unspecified atom stereocenters. The van der Waals surface area contributed by atoms with Gasteiger partial charge < -0.3 is 15.2 Å². The van der Waals surface area contributed by atoms with E-state index in [4.69, 9.17) is 4.74 Å². The van der Waals surface area contributed by atoms with Crippen LogP contribution >= 0.6 is 31.9 Å². The summed E-state index contributed by atoms with van der Waals surface area (Å²) in [7, 11) is 0. The maximum atomic E-state index is 9.95. The fourth-order valence-electron chi connectivity index (χ4n) is 1.83. The van der Waals surface area contributed by atoms with E-state index in [1.54, 1.807) is 0 Å². The van der Waals surface area contributed by atoms with Gasteiger partial charge >= 0.3 is 0 Å². The monoisotopic (exact) mass is 413 g/mol. The van der Waals surface area contributed by atoms with Gasteiger partial charge in [-0.2, -0.15) is 0 Å². The molecule has 0 amide bonds. The largest absolute Gasteiger partial charge is 0.389 e. The molecular formula is C16H17Br2NO2. The van der Waals surface area contributed by atoms with Crippen molar-refractivity contribution >= 4 is 37.5 Å². The molecule has 2 N–H and O–H groups in total. The average Bonchev–Trinajstić information content (AvgIpc) is 2.48. The lowest BCUT2D eigenvalue weighted by molar-refractivity contribution is 0.0348. The summed E-state index contributed by atoms with van der Waals surface area (Å²) in [6, 6.07) is 15.8. The highest BCUT2D eigenvalue weighted by molar-refractivity contribution is 9.11. The maximum absolute atomic E-state index is 9.95. The molecule has 0 bridgehead atoms. The molecule has 2 rings (SSSR count). The number of hydrogen-bond acceptors (Lipinski definition) is 3. The SMILES string of the molecule is OC(CNc1c(Br)cccc1Br)COCc1ccccc1. The Balaban J connectivity index is 1.74. The molecule has 3 nitrogen and oxygen atoms in total. The number of aliphatic hydroxyl groups excluding tert-OH is 1. The van der Waals surface area contributed by atoms with Gasteiger partial charge in [-0.25, -0.2) is 0 Å². The number of nitrogens with one attached hydrogen (secondary N) is 1. The fourth-order valence-corrected chi connectivity index (χ4v) is 3.11. The molecular weight excluding hydrogens is 398 g/mol. The van der Waals surface area contributed by atoms with Gasteiger partial charge in [0.2, 0.25) is 0 Å². The van der Waals surface area contributed by atoms with Crippen molar-refractivity contribution < 1.29 is 9.84 Å². The molecule has 0 aromatic heterocycles. The number of halogens is 2. The smallest absolute Gasteiger partial charge is 0.0945 e. The van der Waals surface area contributed by atoms with Gasteiger partial charge in [0.15, 0.2) is 0 Å². The molecule has 1 atom stereocenters. The highest BCUT2D eigenvalue weighted by Gasteiger charge is 2.08. The molecule has 0 aliphatic carbocycles. The number of anilines is 1. The summed E-state index contributed by atoms with van der Waals surface area (Å²) in [6.45, 7) is 1.23. The van der Waals surface area contributed by atoms with Crippen LogP contribution < -0.4 is 5.32 Å². The van der Waals surface area contributed by atoms with E-state index in [9.17, 15) is 5.11 Å². The van der Waals surface area contributed by atoms with E-state index in [1.807, 2.05) is 48.5 Å². The molecule has 0 aliphatic heterocycles. The first-order chi connectivity index (χ1) is 10.2.